The summed E-state index contributed by atoms with van der Waals surface area (Å²) in [7, 11) is -3.68. The second kappa shape index (κ2) is 4.92. The van der Waals surface area contributed by atoms with Crippen LogP contribution in [0.5, 0.6) is 0 Å². The molecule has 2 aromatic carbocycles. The van der Waals surface area contributed by atoms with Crippen LogP contribution in [0.3, 0.4) is 0 Å². The van der Waals surface area contributed by atoms with Gasteiger partial charge in [0, 0.05) is 5.69 Å². The first-order valence-electron chi connectivity index (χ1n) is 6.05. The summed E-state index contributed by atoms with van der Waals surface area (Å²) in [5, 5.41) is 8.72. The van der Waals surface area contributed by atoms with Gasteiger partial charge in [-0.2, -0.15) is 5.26 Å². The highest BCUT2D eigenvalue weighted by atomic mass is 32.2. The van der Waals surface area contributed by atoms with Crippen LogP contribution >= 0.6 is 0 Å². The molecule has 0 fully saturated rings. The maximum atomic E-state index is 12.3. The van der Waals surface area contributed by atoms with Gasteiger partial charge < -0.3 is 4.98 Å². The van der Waals surface area contributed by atoms with Crippen molar-refractivity contribution in [3.05, 3.63) is 54.4 Å². The van der Waals surface area contributed by atoms with Crippen LogP contribution in [0.4, 0.5) is 5.69 Å². The van der Waals surface area contributed by atoms with E-state index in [0.717, 1.165) is 0 Å². The molecular weight excluding hydrogens is 288 g/mol. The molecule has 0 aliphatic heterocycles. The molecule has 0 amide bonds. The molecule has 3 aromatic rings. The van der Waals surface area contributed by atoms with E-state index in [4.69, 9.17) is 5.26 Å². The van der Waals surface area contributed by atoms with E-state index in [1.165, 1.54) is 18.5 Å². The minimum Gasteiger partial charge on any atom is -0.345 e. The van der Waals surface area contributed by atoms with Gasteiger partial charge in [-0.05, 0) is 42.5 Å². The lowest BCUT2D eigenvalue weighted by molar-refractivity contribution is 0.601. The van der Waals surface area contributed by atoms with Crippen molar-refractivity contribution in [1.29, 1.82) is 5.26 Å². The average Bonchev–Trinajstić information content (AvgIpc) is 2.95. The fraction of sp³-hybridized carbons (Fsp3) is 0. The lowest BCUT2D eigenvalue weighted by Gasteiger charge is -2.08. The molecule has 21 heavy (non-hydrogen) atoms. The highest BCUT2D eigenvalue weighted by Gasteiger charge is 2.15. The molecule has 1 heterocycles. The highest BCUT2D eigenvalue weighted by Crippen LogP contribution is 2.19. The number of aromatic nitrogens is 2. The number of fused-ring (bicyclic) bond motifs is 1. The number of rotatable bonds is 3. The first-order chi connectivity index (χ1) is 10.1. The van der Waals surface area contributed by atoms with E-state index in [-0.39, 0.29) is 4.90 Å². The first-order valence-corrected chi connectivity index (χ1v) is 7.53. The minimum atomic E-state index is -3.68. The van der Waals surface area contributed by atoms with Gasteiger partial charge in [0.15, 0.2) is 0 Å². The lowest BCUT2D eigenvalue weighted by atomic mass is 10.2. The summed E-state index contributed by atoms with van der Waals surface area (Å²) in [5.74, 6) is 0. The molecule has 104 valence electrons. The van der Waals surface area contributed by atoms with Crippen LogP contribution in [-0.4, -0.2) is 18.4 Å². The number of nitrogens with zero attached hydrogens (tertiary/aromatic N) is 2. The molecule has 0 aliphatic carbocycles. The monoisotopic (exact) mass is 298 g/mol. The Morgan fingerprint density at radius 3 is 2.62 bits per heavy atom. The fourth-order valence-electron chi connectivity index (χ4n) is 1.91. The quantitative estimate of drug-likeness (QED) is 0.774. The first kappa shape index (κ1) is 13.1. The number of hydrogen-bond donors (Lipinski definition) is 2. The van der Waals surface area contributed by atoms with Crippen LogP contribution in [-0.2, 0) is 10.0 Å². The van der Waals surface area contributed by atoms with Gasteiger partial charge in [0.25, 0.3) is 10.0 Å². The number of aromatic amines is 1. The number of imidazole rings is 1. The highest BCUT2D eigenvalue weighted by molar-refractivity contribution is 7.92. The van der Waals surface area contributed by atoms with E-state index in [1.54, 1.807) is 30.3 Å². The van der Waals surface area contributed by atoms with Crippen molar-refractivity contribution in [3.8, 4) is 6.07 Å². The van der Waals surface area contributed by atoms with Crippen molar-refractivity contribution in [2.75, 3.05) is 4.72 Å². The predicted octanol–water partition coefficient (Wildman–Crippen LogP) is 2.24. The van der Waals surface area contributed by atoms with E-state index >= 15 is 0 Å². The van der Waals surface area contributed by atoms with Crippen LogP contribution in [0.2, 0.25) is 0 Å². The van der Waals surface area contributed by atoms with E-state index in [0.29, 0.717) is 22.3 Å². The number of benzene rings is 2. The van der Waals surface area contributed by atoms with E-state index < -0.39 is 10.0 Å². The van der Waals surface area contributed by atoms with Crippen LogP contribution in [0.15, 0.2) is 53.7 Å². The summed E-state index contributed by atoms with van der Waals surface area (Å²) in [4.78, 5) is 7.06. The Morgan fingerprint density at radius 1 is 1.14 bits per heavy atom. The van der Waals surface area contributed by atoms with Gasteiger partial charge >= 0.3 is 0 Å². The number of H-pyrrole nitrogens is 1. The summed E-state index contributed by atoms with van der Waals surface area (Å²) in [6.45, 7) is 0. The number of nitrogens with one attached hydrogen (secondary N) is 2. The third kappa shape index (κ3) is 2.57. The SMILES string of the molecule is N#Cc1ccc(NS(=O)(=O)c2ccc3nc[nH]c3c2)cc1. The number of nitriles is 1. The number of hydrogen-bond acceptors (Lipinski definition) is 4. The Kier molecular flexibility index (Phi) is 3.08. The molecule has 0 saturated heterocycles. The van der Waals surface area contributed by atoms with Gasteiger partial charge in [-0.15, -0.1) is 0 Å². The normalized spacial score (nSPS) is 11.2. The molecule has 0 spiro atoms. The number of anilines is 1. The van der Waals surface area contributed by atoms with Crippen molar-refractivity contribution in [2.24, 2.45) is 0 Å². The van der Waals surface area contributed by atoms with Crippen LogP contribution in [0.25, 0.3) is 11.0 Å². The van der Waals surface area contributed by atoms with Gasteiger partial charge in [0.05, 0.1) is 33.9 Å². The van der Waals surface area contributed by atoms with Crippen molar-refractivity contribution < 1.29 is 8.42 Å². The Morgan fingerprint density at radius 2 is 1.90 bits per heavy atom. The van der Waals surface area contributed by atoms with Crippen LogP contribution in [0.1, 0.15) is 5.56 Å². The molecule has 2 N–H and O–H groups in total. The van der Waals surface area contributed by atoms with E-state index in [1.807, 2.05) is 6.07 Å². The average molecular weight is 298 g/mol. The molecule has 6 nitrogen and oxygen atoms in total. The summed E-state index contributed by atoms with van der Waals surface area (Å²) in [6.07, 6.45) is 1.51. The van der Waals surface area contributed by atoms with Gasteiger partial charge in [0.2, 0.25) is 0 Å². The minimum absolute atomic E-state index is 0.142. The predicted molar refractivity (Wildman–Crippen MR) is 78.1 cm³/mol. The lowest BCUT2D eigenvalue weighted by Crippen LogP contribution is -2.12. The molecule has 3 rings (SSSR count). The second-order valence-corrected chi connectivity index (χ2v) is 6.06. The van der Waals surface area contributed by atoms with Crippen LogP contribution in [0, 0.1) is 11.3 Å². The summed E-state index contributed by atoms with van der Waals surface area (Å²) >= 11 is 0. The Balaban J connectivity index is 1.93. The Bertz CT molecular complexity index is 937. The molecule has 0 saturated carbocycles. The molecule has 0 bridgehead atoms. The van der Waals surface area contributed by atoms with Gasteiger partial charge in [-0.25, -0.2) is 13.4 Å². The third-order valence-electron chi connectivity index (χ3n) is 2.97. The van der Waals surface area contributed by atoms with Crippen molar-refractivity contribution >= 4 is 26.7 Å². The largest absolute Gasteiger partial charge is 0.345 e. The van der Waals surface area contributed by atoms with Crippen molar-refractivity contribution in [2.45, 2.75) is 4.90 Å². The molecule has 0 atom stereocenters. The molecule has 0 radical (unpaired) electrons. The van der Waals surface area contributed by atoms with Gasteiger partial charge in [-0.3, -0.25) is 4.72 Å². The fourth-order valence-corrected chi connectivity index (χ4v) is 2.99. The van der Waals surface area contributed by atoms with E-state index in [2.05, 4.69) is 14.7 Å². The van der Waals surface area contributed by atoms with Crippen molar-refractivity contribution in [1.82, 2.24) is 9.97 Å². The molecule has 1 aromatic heterocycles. The Hall–Kier alpha value is -2.85. The van der Waals surface area contributed by atoms with Crippen molar-refractivity contribution in [3.63, 3.8) is 0 Å². The van der Waals surface area contributed by atoms with Gasteiger partial charge in [0.1, 0.15) is 0 Å². The molecule has 0 unspecified atom stereocenters. The smallest absolute Gasteiger partial charge is 0.261 e. The zero-order valence-corrected chi connectivity index (χ0v) is 11.6. The maximum absolute atomic E-state index is 12.3. The zero-order valence-electron chi connectivity index (χ0n) is 10.7. The number of sulfonamides is 1. The Labute approximate surface area is 121 Å². The second-order valence-electron chi connectivity index (χ2n) is 4.38. The summed E-state index contributed by atoms with van der Waals surface area (Å²) < 4.78 is 27.1. The standard InChI is InChI=1S/C14H10N4O2S/c15-8-10-1-3-11(4-2-10)18-21(19,20)12-5-6-13-14(7-12)17-9-16-13/h1-7,9,18H,(H,16,17). The molecule has 7 heteroatoms. The third-order valence-corrected chi connectivity index (χ3v) is 4.35. The van der Waals surface area contributed by atoms with Gasteiger partial charge in [-0.1, -0.05) is 0 Å². The summed E-state index contributed by atoms with van der Waals surface area (Å²) in [5.41, 5.74) is 2.22. The summed E-state index contributed by atoms with van der Waals surface area (Å²) in [6, 6.07) is 12.8. The van der Waals surface area contributed by atoms with Crippen LogP contribution < -0.4 is 4.72 Å². The molecule has 0 aliphatic rings. The molecular formula is C14H10N4O2S. The van der Waals surface area contributed by atoms with E-state index in [9.17, 15) is 8.42 Å². The topological polar surface area (TPSA) is 98.6 Å². The zero-order chi connectivity index (χ0) is 14.9. The maximum Gasteiger partial charge on any atom is 0.261 e.